The highest BCUT2D eigenvalue weighted by Crippen LogP contribution is 2.26. The summed E-state index contributed by atoms with van der Waals surface area (Å²) in [5.74, 6) is 2.12. The third-order valence-electron chi connectivity index (χ3n) is 4.40. The Morgan fingerprint density at radius 1 is 1.33 bits per heavy atom. The van der Waals surface area contributed by atoms with Crippen molar-refractivity contribution in [1.29, 1.82) is 0 Å². The molecule has 1 fully saturated rings. The molecule has 3 rings (SSSR count). The molecule has 0 aromatic carbocycles. The van der Waals surface area contributed by atoms with Crippen molar-refractivity contribution in [1.82, 2.24) is 15.2 Å². The van der Waals surface area contributed by atoms with E-state index >= 15 is 0 Å². The van der Waals surface area contributed by atoms with Gasteiger partial charge in [0.15, 0.2) is 5.82 Å². The number of aromatic nitrogens is 3. The zero-order valence-electron chi connectivity index (χ0n) is 14.0. The number of thioether (sulfide) groups is 1. The maximum Gasteiger partial charge on any atom is 0.257 e. The highest BCUT2D eigenvalue weighted by atomic mass is 32.2. The van der Waals surface area contributed by atoms with Crippen molar-refractivity contribution in [3.05, 3.63) is 35.7 Å². The molecule has 5 nitrogen and oxygen atoms in total. The van der Waals surface area contributed by atoms with Crippen LogP contribution >= 0.6 is 11.8 Å². The van der Waals surface area contributed by atoms with E-state index in [1.807, 2.05) is 12.1 Å². The molecule has 1 aliphatic rings. The number of aromatic amines is 1. The molecule has 24 heavy (non-hydrogen) atoms. The average Bonchev–Trinajstić information content (AvgIpc) is 3.03. The van der Waals surface area contributed by atoms with Gasteiger partial charge in [-0.25, -0.2) is 4.98 Å². The first-order valence-corrected chi connectivity index (χ1v) is 9.67. The van der Waals surface area contributed by atoms with E-state index in [2.05, 4.69) is 27.4 Å². The van der Waals surface area contributed by atoms with Gasteiger partial charge < -0.3 is 5.32 Å². The van der Waals surface area contributed by atoms with E-state index in [-0.39, 0.29) is 5.91 Å². The van der Waals surface area contributed by atoms with Crippen LogP contribution in [-0.2, 0) is 6.42 Å². The normalized spacial score (nSPS) is 15.4. The summed E-state index contributed by atoms with van der Waals surface area (Å²) in [6, 6.07) is 5.50. The van der Waals surface area contributed by atoms with Crippen LogP contribution in [0.1, 0.15) is 55.1 Å². The van der Waals surface area contributed by atoms with Gasteiger partial charge >= 0.3 is 0 Å². The Bertz CT molecular complexity index is 679. The molecule has 1 saturated carbocycles. The molecule has 1 aliphatic carbocycles. The number of nitrogens with zero attached hydrogens (tertiary/aromatic N) is 2. The Kier molecular flexibility index (Phi) is 5.91. The number of hydrogen-bond donors (Lipinski definition) is 2. The summed E-state index contributed by atoms with van der Waals surface area (Å²) < 4.78 is 0. The van der Waals surface area contributed by atoms with Crippen LogP contribution in [0.4, 0.5) is 5.82 Å². The van der Waals surface area contributed by atoms with Gasteiger partial charge in [0.2, 0.25) is 0 Å². The fourth-order valence-corrected chi connectivity index (χ4v) is 3.84. The zero-order valence-corrected chi connectivity index (χ0v) is 14.9. The maximum absolute atomic E-state index is 12.4. The van der Waals surface area contributed by atoms with E-state index < -0.39 is 0 Å². The molecule has 1 amide bonds. The van der Waals surface area contributed by atoms with Crippen molar-refractivity contribution < 1.29 is 4.79 Å². The third kappa shape index (κ3) is 4.60. The first kappa shape index (κ1) is 17.0. The van der Waals surface area contributed by atoms with Crippen LogP contribution in [0.25, 0.3) is 0 Å². The van der Waals surface area contributed by atoms with Crippen molar-refractivity contribution in [3.63, 3.8) is 0 Å². The molecule has 6 heteroatoms. The zero-order chi connectivity index (χ0) is 16.8. The number of nitrogens with one attached hydrogen (secondary N) is 2. The van der Waals surface area contributed by atoms with Gasteiger partial charge in [0.05, 0.1) is 5.03 Å². The maximum atomic E-state index is 12.4. The number of rotatable bonds is 6. The van der Waals surface area contributed by atoms with E-state index in [4.69, 9.17) is 0 Å². The third-order valence-corrected chi connectivity index (χ3v) is 5.20. The van der Waals surface area contributed by atoms with E-state index in [1.165, 1.54) is 32.1 Å². The van der Waals surface area contributed by atoms with Gasteiger partial charge in [-0.1, -0.05) is 39.0 Å². The Morgan fingerprint density at radius 2 is 2.17 bits per heavy atom. The molecular formula is C18H24N4OS. The van der Waals surface area contributed by atoms with Crippen molar-refractivity contribution in [2.75, 3.05) is 11.1 Å². The summed E-state index contributed by atoms with van der Waals surface area (Å²) in [7, 11) is 0. The Morgan fingerprint density at radius 3 is 2.96 bits per heavy atom. The average molecular weight is 344 g/mol. The van der Waals surface area contributed by atoms with Gasteiger partial charge in [-0.05, 0) is 30.2 Å². The fraction of sp³-hybridized carbons (Fsp3) is 0.500. The molecule has 0 bridgehead atoms. The molecular weight excluding hydrogens is 320 g/mol. The minimum absolute atomic E-state index is 0.147. The topological polar surface area (TPSA) is 70.7 Å². The van der Waals surface area contributed by atoms with Crippen molar-refractivity contribution in [2.45, 2.75) is 50.5 Å². The molecule has 2 aromatic rings. The number of H-pyrrole nitrogens is 1. The second-order valence-electron chi connectivity index (χ2n) is 6.26. The summed E-state index contributed by atoms with van der Waals surface area (Å²) in [5.41, 5.74) is 1.71. The second kappa shape index (κ2) is 8.33. The van der Waals surface area contributed by atoms with Gasteiger partial charge in [0.1, 0.15) is 0 Å². The van der Waals surface area contributed by atoms with E-state index in [1.54, 1.807) is 24.0 Å². The van der Waals surface area contributed by atoms with Crippen LogP contribution in [-0.4, -0.2) is 26.8 Å². The lowest BCUT2D eigenvalue weighted by molar-refractivity contribution is 0.102. The van der Waals surface area contributed by atoms with Gasteiger partial charge in [-0.15, -0.1) is 11.8 Å². The smallest absolute Gasteiger partial charge is 0.257 e. The molecule has 0 unspecified atom stereocenters. The molecule has 0 spiro atoms. The van der Waals surface area contributed by atoms with Gasteiger partial charge in [0.25, 0.3) is 5.91 Å². The van der Waals surface area contributed by atoms with Crippen LogP contribution in [0.3, 0.4) is 0 Å². The summed E-state index contributed by atoms with van der Waals surface area (Å²) in [4.78, 5) is 16.6. The van der Waals surface area contributed by atoms with Crippen LogP contribution in [0, 0.1) is 5.92 Å². The molecule has 0 atom stereocenters. The van der Waals surface area contributed by atoms with Gasteiger partial charge in [-0.3, -0.25) is 9.89 Å². The highest BCUT2D eigenvalue weighted by molar-refractivity contribution is 7.99. The number of hydrogen-bond acceptors (Lipinski definition) is 4. The number of anilines is 1. The van der Waals surface area contributed by atoms with Crippen LogP contribution in [0.15, 0.2) is 29.4 Å². The highest BCUT2D eigenvalue weighted by Gasteiger charge is 2.16. The molecule has 0 radical (unpaired) electrons. The van der Waals surface area contributed by atoms with Crippen LogP contribution < -0.4 is 5.32 Å². The first-order chi connectivity index (χ1) is 11.7. The SMILES string of the molecule is CCSc1cc(C(=O)Nc2cc(CC3CCCCC3)[nH]n2)ccn1. The van der Waals surface area contributed by atoms with Gasteiger partial charge in [-0.2, -0.15) is 5.10 Å². The molecule has 128 valence electrons. The molecule has 2 heterocycles. The summed E-state index contributed by atoms with van der Waals surface area (Å²) in [6.45, 7) is 2.07. The Balaban J connectivity index is 1.59. The van der Waals surface area contributed by atoms with Gasteiger partial charge in [0, 0.05) is 23.5 Å². The Labute approximate surface area is 147 Å². The van der Waals surface area contributed by atoms with Crippen LogP contribution in [0.2, 0.25) is 0 Å². The standard InChI is InChI=1S/C18H24N4OS/c1-2-24-17-11-14(8-9-19-17)18(23)20-16-12-15(21-22-16)10-13-6-4-3-5-7-13/h8-9,11-13H,2-7,10H2,1H3,(H2,20,21,22,23). The lowest BCUT2D eigenvalue weighted by atomic mass is 9.86. The minimum atomic E-state index is -0.147. The number of carbonyl (C=O) groups is 1. The lowest BCUT2D eigenvalue weighted by Gasteiger charge is -2.20. The number of carbonyl (C=O) groups excluding carboxylic acids is 1. The van der Waals surface area contributed by atoms with E-state index in [0.29, 0.717) is 11.4 Å². The van der Waals surface area contributed by atoms with E-state index in [9.17, 15) is 4.79 Å². The minimum Gasteiger partial charge on any atom is -0.305 e. The number of pyridine rings is 1. The summed E-state index contributed by atoms with van der Waals surface area (Å²) >= 11 is 1.62. The van der Waals surface area contributed by atoms with Crippen molar-refractivity contribution in [2.24, 2.45) is 5.92 Å². The molecule has 0 aliphatic heterocycles. The quantitative estimate of drug-likeness (QED) is 0.767. The molecule has 0 saturated heterocycles. The largest absolute Gasteiger partial charge is 0.305 e. The van der Waals surface area contributed by atoms with Crippen LogP contribution in [0.5, 0.6) is 0 Å². The monoisotopic (exact) mass is 344 g/mol. The lowest BCUT2D eigenvalue weighted by Crippen LogP contribution is -2.12. The molecule has 2 aromatic heterocycles. The predicted octanol–water partition coefficient (Wildman–Crippen LogP) is 4.29. The fourth-order valence-electron chi connectivity index (χ4n) is 3.20. The summed E-state index contributed by atoms with van der Waals surface area (Å²) in [5, 5.41) is 11.0. The Hall–Kier alpha value is -1.82. The van der Waals surface area contributed by atoms with E-state index in [0.717, 1.165) is 28.8 Å². The number of amides is 1. The summed E-state index contributed by atoms with van der Waals surface area (Å²) in [6.07, 6.45) is 9.34. The van der Waals surface area contributed by atoms with Crippen molar-refractivity contribution >= 4 is 23.5 Å². The predicted molar refractivity (Wildman–Crippen MR) is 97.5 cm³/mol. The second-order valence-corrected chi connectivity index (χ2v) is 7.54. The van der Waals surface area contributed by atoms with Crippen molar-refractivity contribution in [3.8, 4) is 0 Å². The first-order valence-electron chi connectivity index (χ1n) is 8.69. The molecule has 2 N–H and O–H groups in total.